The molecule has 0 amide bonds. The molecule has 0 aromatic heterocycles. The number of hydrogen-bond donors (Lipinski definition) is 0. The van der Waals surface area contributed by atoms with Gasteiger partial charge < -0.3 is 9.53 Å². The van der Waals surface area contributed by atoms with Gasteiger partial charge in [-0.05, 0) is 31.2 Å². The van der Waals surface area contributed by atoms with Crippen LogP contribution in [0.3, 0.4) is 0 Å². The van der Waals surface area contributed by atoms with Crippen molar-refractivity contribution in [2.24, 2.45) is 0 Å². The first-order chi connectivity index (χ1) is 6.28. The number of ether oxygens (including phenoxy) is 1. The lowest BCUT2D eigenvalue weighted by molar-refractivity contribution is -0.106. The predicted molar refractivity (Wildman–Crippen MR) is 50.1 cm³/mol. The molecule has 0 aliphatic heterocycles. The molecule has 1 aromatic carbocycles. The Balaban J connectivity index is 0.000000424. The van der Waals surface area contributed by atoms with Gasteiger partial charge in [0.05, 0.1) is 7.11 Å². The fourth-order valence-corrected chi connectivity index (χ4v) is 0.682. The third-order valence-corrected chi connectivity index (χ3v) is 1.25. The van der Waals surface area contributed by atoms with E-state index in [1.54, 1.807) is 31.4 Å². The molecule has 0 fully saturated rings. The number of carbonyl (C=O) groups is 2. The average molecular weight is 180 g/mol. The lowest BCUT2D eigenvalue weighted by atomic mass is 10.2. The Morgan fingerprint density at radius 2 is 1.62 bits per heavy atom. The van der Waals surface area contributed by atoms with E-state index in [1.165, 1.54) is 6.92 Å². The molecule has 0 bridgehead atoms. The maximum absolute atomic E-state index is 10.2. The van der Waals surface area contributed by atoms with Crippen LogP contribution in [0.15, 0.2) is 24.3 Å². The molecular formula is C10H12O3. The van der Waals surface area contributed by atoms with Gasteiger partial charge in [-0.2, -0.15) is 0 Å². The molecule has 13 heavy (non-hydrogen) atoms. The van der Waals surface area contributed by atoms with E-state index in [-0.39, 0.29) is 0 Å². The Bertz CT molecular complexity index is 251. The quantitative estimate of drug-likeness (QED) is 0.651. The summed E-state index contributed by atoms with van der Waals surface area (Å²) in [5.74, 6) is 0.769. The van der Waals surface area contributed by atoms with Crippen LogP contribution in [-0.4, -0.2) is 19.7 Å². The minimum absolute atomic E-state index is 0.667. The van der Waals surface area contributed by atoms with E-state index in [0.29, 0.717) is 5.56 Å². The third-order valence-electron chi connectivity index (χ3n) is 1.25. The molecule has 0 aliphatic carbocycles. The SMILES string of the molecule is CC=O.COc1ccc(C=O)cc1. The molecular weight excluding hydrogens is 168 g/mol. The summed E-state index contributed by atoms with van der Waals surface area (Å²) >= 11 is 0. The maximum Gasteiger partial charge on any atom is 0.150 e. The maximum atomic E-state index is 10.2. The van der Waals surface area contributed by atoms with Gasteiger partial charge in [0, 0.05) is 5.56 Å². The summed E-state index contributed by atoms with van der Waals surface area (Å²) in [7, 11) is 1.59. The van der Waals surface area contributed by atoms with Crippen LogP contribution in [0.1, 0.15) is 17.3 Å². The molecule has 0 N–H and O–H groups in total. The second-order valence-electron chi connectivity index (χ2n) is 2.13. The van der Waals surface area contributed by atoms with Gasteiger partial charge in [0.1, 0.15) is 18.3 Å². The van der Waals surface area contributed by atoms with Gasteiger partial charge in [-0.15, -0.1) is 0 Å². The van der Waals surface area contributed by atoms with Crippen LogP contribution >= 0.6 is 0 Å². The number of benzene rings is 1. The van der Waals surface area contributed by atoms with Crippen molar-refractivity contribution in [3.63, 3.8) is 0 Å². The number of carbonyl (C=O) groups excluding carboxylic acids is 2. The highest BCUT2D eigenvalue weighted by molar-refractivity contribution is 5.74. The highest BCUT2D eigenvalue weighted by Gasteiger charge is 1.89. The molecule has 0 aliphatic rings. The lowest BCUT2D eigenvalue weighted by Gasteiger charge is -1.96. The van der Waals surface area contributed by atoms with Gasteiger partial charge in [-0.1, -0.05) is 0 Å². The molecule has 0 heterocycles. The Labute approximate surface area is 77.3 Å². The van der Waals surface area contributed by atoms with Gasteiger partial charge in [0.15, 0.2) is 0 Å². The van der Waals surface area contributed by atoms with Crippen LogP contribution in [0.4, 0.5) is 0 Å². The molecule has 0 spiro atoms. The van der Waals surface area contributed by atoms with E-state index in [4.69, 9.17) is 9.53 Å². The molecule has 1 rings (SSSR count). The van der Waals surface area contributed by atoms with Crippen LogP contribution in [0.25, 0.3) is 0 Å². The highest BCUT2D eigenvalue weighted by atomic mass is 16.5. The molecule has 0 radical (unpaired) electrons. The summed E-state index contributed by atoms with van der Waals surface area (Å²) in [6.45, 7) is 1.44. The average Bonchev–Trinajstić information content (AvgIpc) is 2.19. The Hall–Kier alpha value is -1.64. The molecule has 0 saturated heterocycles. The fourth-order valence-electron chi connectivity index (χ4n) is 0.682. The van der Waals surface area contributed by atoms with Crippen molar-refractivity contribution in [3.8, 4) is 5.75 Å². The molecule has 70 valence electrons. The van der Waals surface area contributed by atoms with Crippen LogP contribution in [-0.2, 0) is 4.79 Å². The van der Waals surface area contributed by atoms with Crippen molar-refractivity contribution >= 4 is 12.6 Å². The van der Waals surface area contributed by atoms with Crippen LogP contribution < -0.4 is 4.74 Å². The molecule has 0 unspecified atom stereocenters. The largest absolute Gasteiger partial charge is 0.497 e. The van der Waals surface area contributed by atoms with Crippen molar-refractivity contribution in [2.45, 2.75) is 6.92 Å². The zero-order valence-electron chi connectivity index (χ0n) is 7.69. The first-order valence-corrected chi connectivity index (χ1v) is 3.77. The standard InChI is InChI=1S/C8H8O2.C2H4O/c1-10-8-4-2-7(6-9)3-5-8;1-2-3/h2-6H,1H3;2H,1H3. The van der Waals surface area contributed by atoms with Gasteiger partial charge in [-0.25, -0.2) is 0 Å². The normalized spacial score (nSPS) is 7.85. The predicted octanol–water partition coefficient (Wildman–Crippen LogP) is 1.71. The van der Waals surface area contributed by atoms with Crippen molar-refractivity contribution in [2.75, 3.05) is 7.11 Å². The van der Waals surface area contributed by atoms with E-state index in [2.05, 4.69) is 0 Å². The molecule has 1 aromatic rings. The first-order valence-electron chi connectivity index (χ1n) is 3.77. The summed E-state index contributed by atoms with van der Waals surface area (Å²) in [5, 5.41) is 0. The Kier molecular flexibility index (Phi) is 6.15. The summed E-state index contributed by atoms with van der Waals surface area (Å²) in [6.07, 6.45) is 1.56. The molecule has 3 heteroatoms. The van der Waals surface area contributed by atoms with Gasteiger partial charge in [0.25, 0.3) is 0 Å². The smallest absolute Gasteiger partial charge is 0.150 e. The topological polar surface area (TPSA) is 43.4 Å². The zero-order chi connectivity index (χ0) is 10.1. The summed E-state index contributed by atoms with van der Waals surface area (Å²) in [6, 6.07) is 6.94. The first kappa shape index (κ1) is 11.4. The number of methoxy groups -OCH3 is 1. The number of rotatable bonds is 2. The van der Waals surface area contributed by atoms with Gasteiger partial charge in [0.2, 0.25) is 0 Å². The third kappa shape index (κ3) is 4.74. The van der Waals surface area contributed by atoms with Crippen molar-refractivity contribution in [1.82, 2.24) is 0 Å². The van der Waals surface area contributed by atoms with Crippen molar-refractivity contribution in [3.05, 3.63) is 29.8 Å². The fraction of sp³-hybridized carbons (Fsp3) is 0.200. The van der Waals surface area contributed by atoms with E-state index in [0.717, 1.165) is 18.3 Å². The van der Waals surface area contributed by atoms with Crippen molar-refractivity contribution < 1.29 is 14.3 Å². The highest BCUT2D eigenvalue weighted by Crippen LogP contribution is 2.09. The Morgan fingerprint density at radius 3 is 1.92 bits per heavy atom. The van der Waals surface area contributed by atoms with E-state index in [9.17, 15) is 4.79 Å². The van der Waals surface area contributed by atoms with E-state index < -0.39 is 0 Å². The Morgan fingerprint density at radius 1 is 1.15 bits per heavy atom. The van der Waals surface area contributed by atoms with Crippen LogP contribution in [0, 0.1) is 0 Å². The monoisotopic (exact) mass is 180 g/mol. The second-order valence-corrected chi connectivity index (χ2v) is 2.13. The zero-order valence-corrected chi connectivity index (χ0v) is 7.69. The summed E-state index contributed by atoms with van der Waals surface area (Å²) in [5.41, 5.74) is 0.667. The van der Waals surface area contributed by atoms with E-state index >= 15 is 0 Å². The number of aldehydes is 2. The summed E-state index contributed by atoms with van der Waals surface area (Å²) in [4.78, 5) is 19.0. The lowest BCUT2D eigenvalue weighted by Crippen LogP contribution is -1.82. The molecule has 0 atom stereocenters. The van der Waals surface area contributed by atoms with Crippen LogP contribution in [0.2, 0.25) is 0 Å². The van der Waals surface area contributed by atoms with Crippen LogP contribution in [0.5, 0.6) is 5.75 Å². The van der Waals surface area contributed by atoms with Gasteiger partial charge >= 0.3 is 0 Å². The second kappa shape index (κ2) is 7.03. The molecule has 0 saturated carbocycles. The molecule has 3 nitrogen and oxygen atoms in total. The van der Waals surface area contributed by atoms with E-state index in [1.807, 2.05) is 0 Å². The minimum atomic E-state index is 0.667. The number of hydrogen-bond acceptors (Lipinski definition) is 3. The van der Waals surface area contributed by atoms with Gasteiger partial charge in [-0.3, -0.25) is 4.79 Å². The van der Waals surface area contributed by atoms with Crippen molar-refractivity contribution in [1.29, 1.82) is 0 Å². The summed E-state index contributed by atoms with van der Waals surface area (Å²) < 4.78 is 4.90. The minimum Gasteiger partial charge on any atom is -0.497 e.